The maximum absolute atomic E-state index is 5.54. The Morgan fingerprint density at radius 2 is 2.25 bits per heavy atom. The van der Waals surface area contributed by atoms with Crippen LogP contribution in [0, 0.1) is 6.92 Å². The van der Waals surface area contributed by atoms with E-state index in [1.807, 2.05) is 5.38 Å². The monoisotopic (exact) mass is 196 g/mol. The van der Waals surface area contributed by atoms with Crippen molar-refractivity contribution < 1.29 is 0 Å². The zero-order chi connectivity index (χ0) is 8.55. The molecule has 0 aliphatic heterocycles. The molecular formula is C8H8N2S2. The van der Waals surface area contributed by atoms with Gasteiger partial charge >= 0.3 is 0 Å². The molecule has 0 bridgehead atoms. The highest BCUT2D eigenvalue weighted by atomic mass is 32.1. The average molecular weight is 196 g/mol. The van der Waals surface area contributed by atoms with E-state index in [1.54, 1.807) is 22.7 Å². The van der Waals surface area contributed by atoms with Gasteiger partial charge in [0.25, 0.3) is 0 Å². The molecule has 2 rings (SSSR count). The predicted octanol–water partition coefficient (Wildman–Crippen LogP) is 2.76. The Bertz CT molecular complexity index is 389. The molecule has 4 heteroatoms. The second-order valence-corrected chi connectivity index (χ2v) is 4.28. The molecule has 62 valence electrons. The number of thiophene rings is 1. The smallest absolute Gasteiger partial charge is 0.136 e. The quantitative estimate of drug-likeness (QED) is 0.761. The van der Waals surface area contributed by atoms with Crippen molar-refractivity contribution in [2.75, 3.05) is 5.73 Å². The highest BCUT2D eigenvalue weighted by molar-refractivity contribution is 7.20. The summed E-state index contributed by atoms with van der Waals surface area (Å²) in [6.07, 6.45) is 0. The van der Waals surface area contributed by atoms with Gasteiger partial charge < -0.3 is 5.73 Å². The van der Waals surface area contributed by atoms with Crippen molar-refractivity contribution in [2.24, 2.45) is 0 Å². The number of thiazole rings is 1. The number of hydrogen-bond acceptors (Lipinski definition) is 4. The van der Waals surface area contributed by atoms with Gasteiger partial charge in [0, 0.05) is 5.38 Å². The van der Waals surface area contributed by atoms with Gasteiger partial charge in [0.2, 0.25) is 0 Å². The van der Waals surface area contributed by atoms with Crippen LogP contribution in [0.2, 0.25) is 0 Å². The zero-order valence-electron chi connectivity index (χ0n) is 6.57. The minimum absolute atomic E-state index is 0.614. The molecule has 0 amide bonds. The molecule has 2 aromatic rings. The van der Waals surface area contributed by atoms with Gasteiger partial charge in [-0.3, -0.25) is 0 Å². The number of aryl methyl sites for hydroxylation is 1. The molecule has 0 aliphatic carbocycles. The van der Waals surface area contributed by atoms with E-state index in [1.165, 1.54) is 10.4 Å². The lowest BCUT2D eigenvalue weighted by Crippen LogP contribution is -1.82. The fourth-order valence-electron chi connectivity index (χ4n) is 0.982. The van der Waals surface area contributed by atoms with E-state index in [4.69, 9.17) is 5.73 Å². The van der Waals surface area contributed by atoms with Crippen molar-refractivity contribution in [3.63, 3.8) is 0 Å². The van der Waals surface area contributed by atoms with Crippen LogP contribution in [0.25, 0.3) is 9.88 Å². The summed E-state index contributed by atoms with van der Waals surface area (Å²) in [5, 5.41) is 4.97. The SMILES string of the molecule is Cc1ccsc1-c1nc(N)cs1. The highest BCUT2D eigenvalue weighted by Gasteiger charge is 2.06. The Kier molecular flexibility index (Phi) is 1.86. The van der Waals surface area contributed by atoms with Gasteiger partial charge in [-0.1, -0.05) is 0 Å². The number of rotatable bonds is 1. The lowest BCUT2D eigenvalue weighted by molar-refractivity contribution is 1.41. The van der Waals surface area contributed by atoms with Crippen LogP contribution in [-0.2, 0) is 0 Å². The summed E-state index contributed by atoms with van der Waals surface area (Å²) in [7, 11) is 0. The van der Waals surface area contributed by atoms with Crippen LogP contribution in [0.1, 0.15) is 5.56 Å². The summed E-state index contributed by atoms with van der Waals surface area (Å²) in [6.45, 7) is 2.09. The number of nitrogens with zero attached hydrogens (tertiary/aromatic N) is 1. The van der Waals surface area contributed by atoms with E-state index in [-0.39, 0.29) is 0 Å². The summed E-state index contributed by atoms with van der Waals surface area (Å²) in [5.74, 6) is 0.614. The average Bonchev–Trinajstić information content (AvgIpc) is 2.58. The van der Waals surface area contributed by atoms with Gasteiger partial charge in [-0.25, -0.2) is 4.98 Å². The number of nitrogens with two attached hydrogens (primary N) is 1. The van der Waals surface area contributed by atoms with Crippen molar-refractivity contribution in [3.05, 3.63) is 22.4 Å². The summed E-state index contributed by atoms with van der Waals surface area (Å²) in [6, 6.07) is 2.09. The lowest BCUT2D eigenvalue weighted by Gasteiger charge is -1.90. The molecule has 2 nitrogen and oxygen atoms in total. The van der Waals surface area contributed by atoms with Gasteiger partial charge in [0.1, 0.15) is 10.8 Å². The van der Waals surface area contributed by atoms with Gasteiger partial charge in [0.05, 0.1) is 4.88 Å². The van der Waals surface area contributed by atoms with Crippen molar-refractivity contribution >= 4 is 28.5 Å². The Hall–Kier alpha value is -0.870. The molecule has 0 radical (unpaired) electrons. The highest BCUT2D eigenvalue weighted by Crippen LogP contribution is 2.31. The summed E-state index contributed by atoms with van der Waals surface area (Å²) < 4.78 is 0. The Morgan fingerprint density at radius 1 is 1.42 bits per heavy atom. The summed E-state index contributed by atoms with van der Waals surface area (Å²) in [5.41, 5.74) is 6.81. The number of nitrogen functional groups attached to an aromatic ring is 1. The van der Waals surface area contributed by atoms with E-state index in [9.17, 15) is 0 Å². The molecule has 0 saturated carbocycles. The summed E-state index contributed by atoms with van der Waals surface area (Å²) >= 11 is 3.30. The summed E-state index contributed by atoms with van der Waals surface area (Å²) in [4.78, 5) is 5.45. The van der Waals surface area contributed by atoms with E-state index in [2.05, 4.69) is 23.4 Å². The van der Waals surface area contributed by atoms with E-state index < -0.39 is 0 Å². The molecule has 0 fully saturated rings. The van der Waals surface area contributed by atoms with Gasteiger partial charge in [-0.2, -0.15) is 0 Å². The topological polar surface area (TPSA) is 38.9 Å². The number of aromatic nitrogens is 1. The van der Waals surface area contributed by atoms with E-state index >= 15 is 0 Å². The molecule has 12 heavy (non-hydrogen) atoms. The molecular weight excluding hydrogens is 188 g/mol. The molecule has 2 N–H and O–H groups in total. The minimum atomic E-state index is 0.614. The fraction of sp³-hybridized carbons (Fsp3) is 0.125. The first-order chi connectivity index (χ1) is 5.77. The molecule has 0 atom stereocenters. The van der Waals surface area contributed by atoms with Gasteiger partial charge in [-0.15, -0.1) is 22.7 Å². The maximum atomic E-state index is 5.54. The molecule has 2 heterocycles. The Balaban J connectivity index is 2.50. The zero-order valence-corrected chi connectivity index (χ0v) is 8.21. The Labute approximate surface area is 78.7 Å². The number of hydrogen-bond donors (Lipinski definition) is 1. The lowest BCUT2D eigenvalue weighted by atomic mass is 10.3. The van der Waals surface area contributed by atoms with Crippen LogP contribution >= 0.6 is 22.7 Å². The van der Waals surface area contributed by atoms with Crippen LogP contribution < -0.4 is 5.73 Å². The third-order valence-corrected chi connectivity index (χ3v) is 3.61. The maximum Gasteiger partial charge on any atom is 0.136 e. The molecule has 0 aliphatic rings. The predicted molar refractivity (Wildman–Crippen MR) is 54.6 cm³/mol. The van der Waals surface area contributed by atoms with E-state index in [0.29, 0.717) is 5.82 Å². The minimum Gasteiger partial charge on any atom is -0.383 e. The Morgan fingerprint density at radius 3 is 2.75 bits per heavy atom. The second-order valence-electron chi connectivity index (χ2n) is 2.51. The first-order valence-electron chi connectivity index (χ1n) is 3.53. The molecule has 0 aromatic carbocycles. The third kappa shape index (κ3) is 1.23. The molecule has 0 spiro atoms. The first-order valence-corrected chi connectivity index (χ1v) is 5.29. The van der Waals surface area contributed by atoms with Crippen molar-refractivity contribution in [1.29, 1.82) is 0 Å². The first kappa shape index (κ1) is 7.76. The van der Waals surface area contributed by atoms with Gasteiger partial charge in [-0.05, 0) is 23.9 Å². The van der Waals surface area contributed by atoms with Crippen LogP contribution in [0.15, 0.2) is 16.8 Å². The van der Waals surface area contributed by atoms with Crippen molar-refractivity contribution in [1.82, 2.24) is 4.98 Å². The second kappa shape index (κ2) is 2.88. The van der Waals surface area contributed by atoms with Crippen molar-refractivity contribution in [3.8, 4) is 9.88 Å². The van der Waals surface area contributed by atoms with Crippen LogP contribution in [0.5, 0.6) is 0 Å². The van der Waals surface area contributed by atoms with Crippen LogP contribution in [0.4, 0.5) is 5.82 Å². The fourth-order valence-corrected chi connectivity index (χ4v) is 2.79. The molecule has 0 unspecified atom stereocenters. The van der Waals surface area contributed by atoms with Crippen molar-refractivity contribution in [2.45, 2.75) is 6.92 Å². The number of anilines is 1. The van der Waals surface area contributed by atoms with Gasteiger partial charge in [0.15, 0.2) is 0 Å². The molecule has 2 aromatic heterocycles. The third-order valence-electron chi connectivity index (χ3n) is 1.58. The van der Waals surface area contributed by atoms with Crippen LogP contribution in [-0.4, -0.2) is 4.98 Å². The van der Waals surface area contributed by atoms with Crippen LogP contribution in [0.3, 0.4) is 0 Å². The normalized spacial score (nSPS) is 10.4. The van der Waals surface area contributed by atoms with E-state index in [0.717, 1.165) is 5.01 Å². The standard InChI is InChI=1S/C8H8N2S2/c1-5-2-3-11-7(5)8-10-6(9)4-12-8/h2-4H,9H2,1H3. The molecule has 0 saturated heterocycles. The largest absolute Gasteiger partial charge is 0.383 e.